The molecule has 0 radical (unpaired) electrons. The number of rotatable bonds is 14. The molecule has 0 aliphatic carbocycles. The number of carboxylic acid groups (broad SMARTS) is 1. The van der Waals surface area contributed by atoms with Gasteiger partial charge in [-0.2, -0.15) is 13.5 Å². The van der Waals surface area contributed by atoms with Gasteiger partial charge in [0.05, 0.1) is 12.1 Å². The average molecular weight is 698 g/mol. The number of carbonyl (C=O) groups is 3. The number of benzene rings is 1. The summed E-state index contributed by atoms with van der Waals surface area (Å²) < 4.78 is 41.2. The van der Waals surface area contributed by atoms with Crippen LogP contribution in [0.3, 0.4) is 0 Å². The van der Waals surface area contributed by atoms with Crippen molar-refractivity contribution < 1.29 is 46.3 Å². The van der Waals surface area contributed by atoms with Gasteiger partial charge in [-0.05, 0) is 38.5 Å². The van der Waals surface area contributed by atoms with Crippen molar-refractivity contribution >= 4 is 56.3 Å². The van der Waals surface area contributed by atoms with E-state index >= 15 is 0 Å². The summed E-state index contributed by atoms with van der Waals surface area (Å²) in [5.74, 6) is -2.34. The number of nitrogens with one attached hydrogen (secondary N) is 3. The molecule has 0 saturated carbocycles. The number of oxime groups is 1. The Morgan fingerprint density at radius 2 is 2.00 bits per heavy atom. The van der Waals surface area contributed by atoms with E-state index in [0.717, 1.165) is 16.9 Å². The first-order valence-electron chi connectivity index (χ1n) is 14.0. The predicted octanol–water partition coefficient (Wildman–Crippen LogP) is -1.20. The van der Waals surface area contributed by atoms with Crippen LogP contribution in [0.15, 0.2) is 39.8 Å². The predicted molar refractivity (Wildman–Crippen MR) is 168 cm³/mol. The number of carboxylic acids is 1. The summed E-state index contributed by atoms with van der Waals surface area (Å²) in [5.41, 5.74) is 8.06. The van der Waals surface area contributed by atoms with Crippen molar-refractivity contribution in [2.75, 3.05) is 38.5 Å². The van der Waals surface area contributed by atoms with E-state index in [9.17, 15) is 27.9 Å². The van der Waals surface area contributed by atoms with Crippen LogP contribution in [0.5, 0.6) is 5.75 Å². The fraction of sp³-hybridized carbons (Fsp3) is 0.462. The number of amides is 2. The fourth-order valence-corrected chi connectivity index (χ4v) is 5.43. The Kier molecular flexibility index (Phi) is 10.5. The van der Waals surface area contributed by atoms with Crippen molar-refractivity contribution in [3.8, 4) is 5.75 Å². The highest BCUT2D eigenvalue weighted by molar-refractivity contribution is 7.80. The number of thiazole rings is 1. The zero-order valence-corrected chi connectivity index (χ0v) is 27.1. The minimum Gasteiger partial charge on any atom is -0.489 e. The van der Waals surface area contributed by atoms with E-state index in [2.05, 4.69) is 35.4 Å². The lowest BCUT2D eigenvalue weighted by Crippen LogP contribution is -2.76. The zero-order valence-electron chi connectivity index (χ0n) is 25.5. The SMILES string of the molecule is CC(COc1ccc(C2CN=C(NCCN)NC2)cc1)(O/N=C(\C(=O)NC1C(=O)N(OS(=O)(=O)O)C1(C)C)c1csc(N)n1)C(=O)O. The Bertz CT molecular complexity index is 1660. The first-order valence-corrected chi connectivity index (χ1v) is 16.3. The third-order valence-electron chi connectivity index (χ3n) is 7.18. The van der Waals surface area contributed by atoms with Crippen molar-refractivity contribution in [1.29, 1.82) is 0 Å². The van der Waals surface area contributed by atoms with E-state index in [0.29, 0.717) is 43.0 Å². The lowest BCUT2D eigenvalue weighted by Gasteiger charge is -2.50. The fourth-order valence-electron chi connectivity index (χ4n) is 4.43. The molecule has 0 bridgehead atoms. The Labute approximate surface area is 273 Å². The van der Waals surface area contributed by atoms with Gasteiger partial charge < -0.3 is 42.1 Å². The number of aromatic nitrogens is 1. The Hall–Kier alpha value is -4.57. The number of hydrogen-bond acceptors (Lipinski definition) is 16. The molecule has 2 aliphatic heterocycles. The van der Waals surface area contributed by atoms with Crippen molar-refractivity contribution in [1.82, 2.24) is 26.0 Å². The van der Waals surface area contributed by atoms with Gasteiger partial charge in [-0.1, -0.05) is 17.3 Å². The largest absolute Gasteiger partial charge is 0.489 e. The molecule has 3 atom stereocenters. The number of nitrogens with zero attached hydrogens (tertiary/aromatic N) is 4. The molecule has 1 saturated heterocycles. The highest BCUT2D eigenvalue weighted by Crippen LogP contribution is 2.33. The Morgan fingerprint density at radius 1 is 1.30 bits per heavy atom. The molecule has 1 fully saturated rings. The van der Waals surface area contributed by atoms with Crippen LogP contribution in [-0.2, 0) is 33.9 Å². The molecule has 2 aliphatic rings. The summed E-state index contributed by atoms with van der Waals surface area (Å²) in [7, 11) is -5.02. The molecule has 2 amide bonds. The summed E-state index contributed by atoms with van der Waals surface area (Å²) in [4.78, 5) is 51.9. The summed E-state index contributed by atoms with van der Waals surface area (Å²) in [6.45, 7) is 5.70. The van der Waals surface area contributed by atoms with Crippen LogP contribution in [0, 0.1) is 0 Å². The van der Waals surface area contributed by atoms with E-state index in [4.69, 9.17) is 25.6 Å². The van der Waals surface area contributed by atoms with Crippen molar-refractivity contribution in [3.05, 3.63) is 40.9 Å². The van der Waals surface area contributed by atoms with Crippen molar-refractivity contribution in [2.45, 2.75) is 43.9 Å². The number of guanidine groups is 1. The topological polar surface area (TPSA) is 282 Å². The first-order chi connectivity index (χ1) is 22.0. The zero-order chi connectivity index (χ0) is 34.6. The molecule has 4 rings (SSSR count). The van der Waals surface area contributed by atoms with Gasteiger partial charge in [0, 0.05) is 30.9 Å². The van der Waals surface area contributed by atoms with Crippen molar-refractivity contribution in [2.24, 2.45) is 15.9 Å². The van der Waals surface area contributed by atoms with Gasteiger partial charge in [0.1, 0.15) is 24.1 Å². The molecule has 9 N–H and O–H groups in total. The molecule has 3 unspecified atom stereocenters. The monoisotopic (exact) mass is 697 g/mol. The van der Waals surface area contributed by atoms with E-state index in [1.165, 1.54) is 26.2 Å². The average Bonchev–Trinajstić information content (AvgIpc) is 3.46. The standard InChI is InChI=1S/C26H35N9O10S2/c1-25(2)19(21(37)35(25)45-47(40,41)42)33-20(36)18(17-12-46-23(28)32-17)34-44-26(3,22(38)39)13-43-16-6-4-14(5-7-16)15-10-30-24(31-11-15)29-9-8-27/h4-7,12,15,19H,8-11,13,27H2,1-3H3,(H2,28,32)(H,33,36)(H,38,39)(H2,29,30,31)(H,40,41,42)/b34-18-. The molecular formula is C26H35N9O10S2. The van der Waals surface area contributed by atoms with Gasteiger partial charge in [-0.25, -0.2) is 9.78 Å². The molecule has 3 heterocycles. The molecule has 0 spiro atoms. The number of β-lactam (4-membered cyclic amide) rings is 1. The summed E-state index contributed by atoms with van der Waals surface area (Å²) in [5, 5.41) is 24.2. The molecule has 2 aromatic rings. The van der Waals surface area contributed by atoms with E-state index in [1.54, 1.807) is 12.1 Å². The van der Waals surface area contributed by atoms with Crippen LogP contribution in [0.4, 0.5) is 5.13 Å². The lowest BCUT2D eigenvalue weighted by molar-refractivity contribution is -0.218. The number of aliphatic carboxylic acids is 1. The number of hydrogen-bond donors (Lipinski definition) is 7. The molecule has 1 aromatic heterocycles. The first kappa shape index (κ1) is 35.3. The molecule has 19 nitrogen and oxygen atoms in total. The number of anilines is 1. The second-order valence-electron chi connectivity index (χ2n) is 11.2. The van der Waals surface area contributed by atoms with E-state index in [-0.39, 0.29) is 16.7 Å². The third kappa shape index (κ3) is 8.43. The number of ether oxygens (including phenoxy) is 1. The number of carbonyl (C=O) groups excluding carboxylic acids is 2. The molecule has 1 aromatic carbocycles. The number of nitrogens with two attached hydrogens (primary N) is 2. The van der Waals surface area contributed by atoms with Crippen LogP contribution in [0.25, 0.3) is 0 Å². The number of nitrogen functional groups attached to an aromatic ring is 1. The molecular weight excluding hydrogens is 662 g/mol. The molecule has 21 heteroatoms. The third-order valence-corrected chi connectivity index (χ3v) is 8.19. The van der Waals surface area contributed by atoms with Crippen LogP contribution in [0.2, 0.25) is 0 Å². The number of aliphatic imine (C=N–C) groups is 1. The second-order valence-corrected chi connectivity index (χ2v) is 13.1. The highest BCUT2D eigenvalue weighted by Gasteiger charge is 2.58. The van der Waals surface area contributed by atoms with Gasteiger partial charge in [0.2, 0.25) is 0 Å². The molecule has 47 heavy (non-hydrogen) atoms. The van der Waals surface area contributed by atoms with Crippen LogP contribution >= 0.6 is 11.3 Å². The van der Waals surface area contributed by atoms with Gasteiger partial charge in [-0.3, -0.25) is 19.1 Å². The minimum atomic E-state index is -5.02. The Morgan fingerprint density at radius 3 is 2.53 bits per heavy atom. The summed E-state index contributed by atoms with van der Waals surface area (Å²) in [6.07, 6.45) is 0. The number of hydroxylamine groups is 2. The van der Waals surface area contributed by atoms with Crippen LogP contribution in [-0.4, -0.2) is 108 Å². The quantitative estimate of drug-likeness (QED) is 0.0528. The maximum absolute atomic E-state index is 13.3. The van der Waals surface area contributed by atoms with Gasteiger partial charge >= 0.3 is 16.4 Å². The van der Waals surface area contributed by atoms with E-state index in [1.807, 2.05) is 12.1 Å². The van der Waals surface area contributed by atoms with Gasteiger partial charge in [0.25, 0.3) is 17.4 Å². The maximum Gasteiger partial charge on any atom is 0.418 e. The minimum absolute atomic E-state index is 0.0561. The van der Waals surface area contributed by atoms with Gasteiger partial charge in [0.15, 0.2) is 16.8 Å². The van der Waals surface area contributed by atoms with Crippen LogP contribution in [0.1, 0.15) is 37.9 Å². The second kappa shape index (κ2) is 14.0. The van der Waals surface area contributed by atoms with Crippen molar-refractivity contribution in [3.63, 3.8) is 0 Å². The smallest absolute Gasteiger partial charge is 0.418 e. The maximum atomic E-state index is 13.3. The van der Waals surface area contributed by atoms with E-state index < -0.39 is 57.7 Å². The normalized spacial score (nSPS) is 20.6. The highest BCUT2D eigenvalue weighted by atomic mass is 32.3. The molecule has 256 valence electrons. The van der Waals surface area contributed by atoms with Crippen LogP contribution < -0.4 is 32.2 Å². The summed E-state index contributed by atoms with van der Waals surface area (Å²) >= 11 is 0.958. The Balaban J connectivity index is 1.44. The lowest BCUT2D eigenvalue weighted by atomic mass is 9.84. The summed E-state index contributed by atoms with van der Waals surface area (Å²) in [6, 6.07) is 5.70. The van der Waals surface area contributed by atoms with Gasteiger partial charge in [-0.15, -0.1) is 15.6 Å².